The minimum atomic E-state index is -1.35. The summed E-state index contributed by atoms with van der Waals surface area (Å²) in [7, 11) is 0. The molecule has 0 unspecified atom stereocenters. The predicted octanol–water partition coefficient (Wildman–Crippen LogP) is 4.63. The lowest BCUT2D eigenvalue weighted by Gasteiger charge is -2.18. The average Bonchev–Trinajstić information content (AvgIpc) is 3.40. The molecule has 11 heteroatoms. The molecule has 0 bridgehead atoms. The number of aromatic nitrogens is 1. The lowest BCUT2D eigenvalue weighted by molar-refractivity contribution is 0.0691. The average molecular weight is 601 g/mol. The molecule has 0 fully saturated rings. The number of rotatable bonds is 10. The second-order valence-corrected chi connectivity index (χ2v) is 11.1. The van der Waals surface area contributed by atoms with Crippen LogP contribution in [0, 0.1) is 6.92 Å². The Balaban J connectivity index is 1.61. The molecule has 6 N–H and O–H groups in total. The van der Waals surface area contributed by atoms with Gasteiger partial charge in [-0.25, -0.2) is 9.78 Å². The van der Waals surface area contributed by atoms with Crippen LogP contribution in [0.2, 0.25) is 0 Å². The van der Waals surface area contributed by atoms with Crippen LogP contribution >= 0.6 is 11.3 Å². The predicted molar refractivity (Wildman–Crippen MR) is 165 cm³/mol. The molecule has 2 amide bonds. The Hall–Kier alpha value is -4.58. The highest BCUT2D eigenvalue weighted by molar-refractivity contribution is 7.13. The number of fused-ring (bicyclic) bond motifs is 3. The maximum atomic E-state index is 13.9. The SMILES string of the molecule is Cc1cc(CN)ccc1NC(=O)c1cc2c(cc1-c1ccc(C(=O)NCCCCO)nc1C(=O)O)OCCc1ccsc1-2. The van der Waals surface area contributed by atoms with Crippen LogP contribution in [0.1, 0.15) is 60.9 Å². The van der Waals surface area contributed by atoms with Crippen molar-refractivity contribution in [1.82, 2.24) is 10.3 Å². The highest BCUT2D eigenvalue weighted by Gasteiger charge is 2.26. The first kappa shape index (κ1) is 29.9. The largest absolute Gasteiger partial charge is 0.493 e. The van der Waals surface area contributed by atoms with Gasteiger partial charge in [0.15, 0.2) is 5.69 Å². The van der Waals surface area contributed by atoms with E-state index >= 15 is 0 Å². The number of benzene rings is 2. The number of anilines is 1. The van der Waals surface area contributed by atoms with Crippen LogP contribution in [-0.4, -0.2) is 52.7 Å². The van der Waals surface area contributed by atoms with Gasteiger partial charge in [0.25, 0.3) is 11.8 Å². The van der Waals surface area contributed by atoms with E-state index in [1.54, 1.807) is 29.5 Å². The number of ether oxygens (including phenoxy) is 1. The van der Waals surface area contributed by atoms with Crippen molar-refractivity contribution in [2.45, 2.75) is 32.7 Å². The first-order chi connectivity index (χ1) is 20.8. The Morgan fingerprint density at radius 3 is 2.60 bits per heavy atom. The zero-order valence-electron chi connectivity index (χ0n) is 23.6. The van der Waals surface area contributed by atoms with E-state index in [2.05, 4.69) is 15.6 Å². The molecule has 0 atom stereocenters. The second kappa shape index (κ2) is 13.2. The van der Waals surface area contributed by atoms with Gasteiger partial charge in [0.2, 0.25) is 0 Å². The summed E-state index contributed by atoms with van der Waals surface area (Å²) in [6.45, 7) is 2.99. The number of carboxylic acids is 1. The Bertz CT molecular complexity index is 1700. The summed E-state index contributed by atoms with van der Waals surface area (Å²) in [5.74, 6) is -1.79. The molecule has 0 aliphatic carbocycles. The van der Waals surface area contributed by atoms with Gasteiger partial charge in [-0.3, -0.25) is 9.59 Å². The van der Waals surface area contributed by atoms with Gasteiger partial charge >= 0.3 is 5.97 Å². The van der Waals surface area contributed by atoms with Crippen molar-refractivity contribution in [2.24, 2.45) is 5.73 Å². The van der Waals surface area contributed by atoms with Crippen LogP contribution in [0.4, 0.5) is 5.69 Å². The second-order valence-electron chi connectivity index (χ2n) is 10.2. The van der Waals surface area contributed by atoms with E-state index in [0.29, 0.717) is 56.0 Å². The number of aryl methyl sites for hydroxylation is 1. The van der Waals surface area contributed by atoms with Crippen LogP contribution in [0.3, 0.4) is 0 Å². The van der Waals surface area contributed by atoms with Gasteiger partial charge in [0.1, 0.15) is 11.4 Å². The number of aliphatic hydroxyl groups excluding tert-OH is 1. The first-order valence-corrected chi connectivity index (χ1v) is 14.8. The Kier molecular flexibility index (Phi) is 9.15. The van der Waals surface area contributed by atoms with Gasteiger partial charge < -0.3 is 31.3 Å². The zero-order valence-corrected chi connectivity index (χ0v) is 24.4. The van der Waals surface area contributed by atoms with Gasteiger partial charge in [0.05, 0.1) is 6.61 Å². The number of hydrogen-bond donors (Lipinski definition) is 5. The van der Waals surface area contributed by atoms with Crippen LogP contribution < -0.4 is 21.1 Å². The number of nitrogens with two attached hydrogens (primary N) is 1. The maximum absolute atomic E-state index is 13.9. The molecule has 1 aliphatic heterocycles. The van der Waals surface area contributed by atoms with E-state index in [1.807, 2.05) is 30.5 Å². The number of carbonyl (C=O) groups is 3. The van der Waals surface area contributed by atoms with E-state index in [9.17, 15) is 19.5 Å². The van der Waals surface area contributed by atoms with Crippen LogP contribution in [-0.2, 0) is 13.0 Å². The smallest absolute Gasteiger partial charge is 0.355 e. The standard InChI is InChI=1S/C32H32N4O6S/c1-18-14-19(17-33)4-6-25(18)36-30(38)23-15-24-27(42-12-8-20-9-13-43-29(20)24)16-22(23)21-5-7-26(35-28(21)32(40)41)31(39)34-10-2-3-11-37/h4-7,9,13-16,37H,2-3,8,10-12,17,33H2,1H3,(H,34,39)(H,36,38)(H,40,41). The lowest BCUT2D eigenvalue weighted by Crippen LogP contribution is -2.26. The number of pyridine rings is 1. The molecule has 2 aromatic heterocycles. The maximum Gasteiger partial charge on any atom is 0.355 e. The number of carboxylic acid groups (broad SMARTS) is 1. The van der Waals surface area contributed by atoms with Crippen molar-refractivity contribution in [3.8, 4) is 27.3 Å². The molecule has 0 saturated carbocycles. The molecule has 10 nitrogen and oxygen atoms in total. The van der Waals surface area contributed by atoms with Crippen molar-refractivity contribution in [3.63, 3.8) is 0 Å². The molecule has 2 aromatic carbocycles. The number of aromatic carboxylic acids is 1. The molecule has 4 aromatic rings. The van der Waals surface area contributed by atoms with Crippen LogP contribution in [0.5, 0.6) is 5.75 Å². The summed E-state index contributed by atoms with van der Waals surface area (Å²) in [6.07, 6.45) is 1.79. The van der Waals surface area contributed by atoms with Crippen LogP contribution in [0.15, 0.2) is 53.9 Å². The molecule has 1 aliphatic rings. The van der Waals surface area contributed by atoms with E-state index in [1.165, 1.54) is 12.1 Å². The number of amides is 2. The molecular formula is C32H32N4O6S. The van der Waals surface area contributed by atoms with Crippen molar-refractivity contribution in [2.75, 3.05) is 25.1 Å². The minimum absolute atomic E-state index is 0.0127. The number of thiophene rings is 1. The summed E-state index contributed by atoms with van der Waals surface area (Å²) >= 11 is 1.55. The van der Waals surface area contributed by atoms with Gasteiger partial charge in [0, 0.05) is 58.9 Å². The normalized spacial score (nSPS) is 12.0. The minimum Gasteiger partial charge on any atom is -0.493 e. The van der Waals surface area contributed by atoms with Crippen molar-refractivity contribution in [1.29, 1.82) is 0 Å². The monoisotopic (exact) mass is 600 g/mol. The molecular weight excluding hydrogens is 568 g/mol. The lowest BCUT2D eigenvalue weighted by atomic mass is 9.93. The van der Waals surface area contributed by atoms with Gasteiger partial charge in [-0.15, -0.1) is 11.3 Å². The Morgan fingerprint density at radius 2 is 1.86 bits per heavy atom. The third-order valence-corrected chi connectivity index (χ3v) is 8.24. The number of carbonyl (C=O) groups excluding carboxylic acids is 2. The van der Waals surface area contributed by atoms with Crippen molar-refractivity contribution < 1.29 is 29.3 Å². The third-order valence-electron chi connectivity index (χ3n) is 7.25. The summed E-state index contributed by atoms with van der Waals surface area (Å²) in [5, 5.41) is 26.8. The number of unbranched alkanes of at least 4 members (excludes halogenated alkanes) is 1. The summed E-state index contributed by atoms with van der Waals surface area (Å²) in [6, 6.07) is 13.9. The van der Waals surface area contributed by atoms with Crippen molar-refractivity contribution in [3.05, 3.63) is 87.6 Å². The number of hydrogen-bond acceptors (Lipinski definition) is 8. The molecule has 43 heavy (non-hydrogen) atoms. The van der Waals surface area contributed by atoms with E-state index in [4.69, 9.17) is 15.6 Å². The van der Waals surface area contributed by atoms with Gasteiger partial charge in [-0.05, 0) is 78.2 Å². The quantitative estimate of drug-likeness (QED) is 0.164. The molecule has 0 saturated heterocycles. The topological polar surface area (TPSA) is 164 Å². The summed E-state index contributed by atoms with van der Waals surface area (Å²) < 4.78 is 6.09. The fourth-order valence-electron chi connectivity index (χ4n) is 5.01. The fourth-order valence-corrected chi connectivity index (χ4v) is 5.98. The van der Waals surface area contributed by atoms with Gasteiger partial charge in [-0.2, -0.15) is 0 Å². The van der Waals surface area contributed by atoms with E-state index in [0.717, 1.165) is 27.1 Å². The van der Waals surface area contributed by atoms with E-state index in [-0.39, 0.29) is 29.1 Å². The zero-order chi connectivity index (χ0) is 30.5. The number of aliphatic hydroxyl groups is 1. The summed E-state index contributed by atoms with van der Waals surface area (Å²) in [5.41, 5.74) is 10.3. The van der Waals surface area contributed by atoms with E-state index < -0.39 is 17.8 Å². The first-order valence-electron chi connectivity index (χ1n) is 13.9. The Morgan fingerprint density at radius 1 is 1.02 bits per heavy atom. The fraction of sp³-hybridized carbons (Fsp3) is 0.250. The highest BCUT2D eigenvalue weighted by Crippen LogP contribution is 2.43. The molecule has 3 heterocycles. The third kappa shape index (κ3) is 6.43. The highest BCUT2D eigenvalue weighted by atomic mass is 32.1. The Labute approximate surface area is 252 Å². The number of nitrogens with one attached hydrogen (secondary N) is 2. The molecule has 5 rings (SSSR count). The summed E-state index contributed by atoms with van der Waals surface area (Å²) in [4.78, 5) is 44.3. The molecule has 0 radical (unpaired) electrons. The number of nitrogens with zero attached hydrogens (tertiary/aromatic N) is 1. The molecule has 222 valence electrons. The molecule has 0 spiro atoms. The van der Waals surface area contributed by atoms with Crippen LogP contribution in [0.25, 0.3) is 21.6 Å². The van der Waals surface area contributed by atoms with Gasteiger partial charge in [-0.1, -0.05) is 12.1 Å². The van der Waals surface area contributed by atoms with Crippen molar-refractivity contribution >= 4 is 34.8 Å².